The van der Waals surface area contributed by atoms with E-state index in [1.807, 2.05) is 0 Å². The monoisotopic (exact) mass is 564 g/mol. The van der Waals surface area contributed by atoms with E-state index in [9.17, 15) is 21.6 Å². The number of carbonyl (C=O) groups excluding carboxylic acids is 1. The number of rotatable bonds is 7. The van der Waals surface area contributed by atoms with Crippen molar-refractivity contribution in [2.45, 2.75) is 8.42 Å². The van der Waals surface area contributed by atoms with Crippen LogP contribution < -0.4 is 9.03 Å². The van der Waals surface area contributed by atoms with Crippen molar-refractivity contribution in [3.63, 3.8) is 0 Å². The number of hydrogen-bond acceptors (Lipinski definition) is 9. The Bertz CT molecular complexity index is 1670. The zero-order chi connectivity index (χ0) is 24.8. The summed E-state index contributed by atoms with van der Waals surface area (Å²) in [6, 6.07) is 13.6. The van der Waals surface area contributed by atoms with Crippen LogP contribution in [0, 0.1) is 0 Å². The van der Waals surface area contributed by atoms with Gasteiger partial charge in [0.1, 0.15) is 14.1 Å². The highest BCUT2D eigenvalue weighted by Crippen LogP contribution is 2.37. The fraction of sp³-hybridized carbons (Fsp3) is 0.0476. The molecule has 0 aliphatic rings. The lowest BCUT2D eigenvalue weighted by Crippen LogP contribution is -2.36. The predicted molar refractivity (Wildman–Crippen MR) is 138 cm³/mol. The number of thiophene rings is 2. The molecule has 0 saturated carbocycles. The predicted octanol–water partition coefficient (Wildman–Crippen LogP) is 4.59. The van der Waals surface area contributed by atoms with Crippen LogP contribution in [0.15, 0.2) is 80.0 Å². The summed E-state index contributed by atoms with van der Waals surface area (Å²) < 4.78 is 56.3. The Hall–Kier alpha value is -3.04. The topological polar surface area (TPSA) is 118 Å². The summed E-state index contributed by atoms with van der Waals surface area (Å²) in [6.07, 6.45) is 1.75. The van der Waals surface area contributed by atoms with E-state index < -0.39 is 20.0 Å². The molecule has 0 aliphatic heterocycles. The average Bonchev–Trinajstić information content (AvgIpc) is 3.60. The number of nitrogens with one attached hydrogen (secondary N) is 1. The van der Waals surface area contributed by atoms with E-state index in [0.29, 0.717) is 24.8 Å². The minimum atomic E-state index is -4.43. The highest BCUT2D eigenvalue weighted by molar-refractivity contribution is 8.11. The van der Waals surface area contributed by atoms with Crippen molar-refractivity contribution in [1.29, 1.82) is 0 Å². The molecule has 5 aromatic rings. The van der Waals surface area contributed by atoms with Gasteiger partial charge in [-0.25, -0.2) is 4.98 Å². The first-order valence-electron chi connectivity index (χ1n) is 9.89. The van der Waals surface area contributed by atoms with Crippen molar-refractivity contribution >= 4 is 81.0 Å². The third-order valence-electron chi connectivity index (χ3n) is 4.91. The second-order valence-electron chi connectivity index (χ2n) is 7.20. The van der Waals surface area contributed by atoms with E-state index in [1.54, 1.807) is 52.8 Å². The lowest BCUT2D eigenvalue weighted by Gasteiger charge is -2.22. The van der Waals surface area contributed by atoms with E-state index in [2.05, 4.69) is 10.3 Å². The van der Waals surface area contributed by atoms with Gasteiger partial charge in [-0.15, -0.1) is 22.7 Å². The zero-order valence-corrected chi connectivity index (χ0v) is 21.9. The van der Waals surface area contributed by atoms with E-state index in [4.69, 9.17) is 0 Å². The molecule has 0 aliphatic carbocycles. The lowest BCUT2D eigenvalue weighted by molar-refractivity contribution is 0.101. The standard InChI is InChI=1S/C21H16N4O5S5/c1-24-10-2-5-16(24)20(26)23-21-22-15-9-8-14(13-17(15)33-21)25(34(27,28)18-6-3-11-31-18)35(29,30)19-7-4-12-32-19/h2-13H,1H3,(H,22,23,26). The van der Waals surface area contributed by atoms with Crippen molar-refractivity contribution in [3.05, 3.63) is 77.2 Å². The first-order chi connectivity index (χ1) is 16.7. The number of anilines is 2. The van der Waals surface area contributed by atoms with Crippen molar-refractivity contribution in [3.8, 4) is 0 Å². The van der Waals surface area contributed by atoms with Gasteiger partial charge >= 0.3 is 0 Å². The third kappa shape index (κ3) is 4.27. The van der Waals surface area contributed by atoms with Gasteiger partial charge in [0, 0.05) is 13.2 Å². The van der Waals surface area contributed by atoms with Gasteiger partial charge in [-0.1, -0.05) is 23.5 Å². The van der Waals surface area contributed by atoms with Crippen LogP contribution in [0.4, 0.5) is 10.8 Å². The van der Waals surface area contributed by atoms with Crippen molar-refractivity contribution in [2.24, 2.45) is 7.05 Å². The molecule has 4 heterocycles. The Morgan fingerprint density at radius 3 is 2.14 bits per heavy atom. The van der Waals surface area contributed by atoms with Crippen LogP contribution in [0.25, 0.3) is 10.2 Å². The number of benzene rings is 1. The Labute approximate surface area is 213 Å². The molecule has 14 heteroatoms. The van der Waals surface area contributed by atoms with Gasteiger partial charge < -0.3 is 4.57 Å². The van der Waals surface area contributed by atoms with Gasteiger partial charge in [-0.05, 0) is 53.2 Å². The number of hydrogen-bond donors (Lipinski definition) is 1. The largest absolute Gasteiger partial charge is 0.347 e. The average molecular weight is 565 g/mol. The maximum absolute atomic E-state index is 13.5. The van der Waals surface area contributed by atoms with Gasteiger partial charge in [-0.3, -0.25) is 10.1 Å². The summed E-state index contributed by atoms with van der Waals surface area (Å²) in [7, 11) is -7.11. The molecule has 1 aromatic carbocycles. The minimum Gasteiger partial charge on any atom is -0.347 e. The molecule has 0 atom stereocenters. The summed E-state index contributed by atoms with van der Waals surface area (Å²) in [5, 5.41) is 6.17. The number of thiazole rings is 1. The minimum absolute atomic E-state index is 0.0525. The van der Waals surface area contributed by atoms with Crippen LogP contribution in [-0.4, -0.2) is 32.3 Å². The number of carbonyl (C=O) groups is 1. The number of aromatic nitrogens is 2. The summed E-state index contributed by atoms with van der Waals surface area (Å²) >= 11 is 2.97. The second kappa shape index (κ2) is 8.87. The van der Waals surface area contributed by atoms with E-state index in [0.717, 1.165) is 34.0 Å². The Kier molecular flexibility index (Phi) is 6.01. The summed E-state index contributed by atoms with van der Waals surface area (Å²) in [6.45, 7) is 0. The normalized spacial score (nSPS) is 12.1. The SMILES string of the molecule is Cn1cccc1C(=O)Nc1nc2ccc(N(S(=O)(=O)c3cccs3)S(=O)(=O)c3cccs3)cc2s1. The molecule has 0 bridgehead atoms. The molecule has 0 saturated heterocycles. The first-order valence-corrected chi connectivity index (χ1v) is 15.3. The summed E-state index contributed by atoms with van der Waals surface area (Å²) in [5.41, 5.74) is 0.881. The molecule has 1 amide bonds. The van der Waals surface area contributed by atoms with Crippen molar-refractivity contribution in [1.82, 2.24) is 9.55 Å². The Morgan fingerprint density at radius 2 is 1.60 bits per heavy atom. The number of sulfonamides is 2. The van der Waals surface area contributed by atoms with Crippen LogP contribution in [0.2, 0.25) is 0 Å². The van der Waals surface area contributed by atoms with Crippen LogP contribution in [-0.2, 0) is 27.1 Å². The number of nitrogens with zero attached hydrogens (tertiary/aromatic N) is 3. The van der Waals surface area contributed by atoms with Gasteiger partial charge in [0.25, 0.3) is 26.0 Å². The van der Waals surface area contributed by atoms with Crippen LogP contribution in [0.5, 0.6) is 0 Å². The maximum atomic E-state index is 13.5. The molecular weight excluding hydrogens is 549 g/mol. The fourth-order valence-corrected chi connectivity index (χ4v) is 10.3. The van der Waals surface area contributed by atoms with E-state index in [-0.39, 0.29) is 20.0 Å². The molecule has 0 fully saturated rings. The number of amides is 1. The highest BCUT2D eigenvalue weighted by atomic mass is 32.3. The summed E-state index contributed by atoms with van der Waals surface area (Å²) in [4.78, 5) is 16.9. The molecule has 180 valence electrons. The fourth-order valence-electron chi connectivity index (χ4n) is 3.33. The second-order valence-corrected chi connectivity index (χ2v) is 14.4. The van der Waals surface area contributed by atoms with Crippen molar-refractivity contribution < 1.29 is 21.6 Å². The quantitative estimate of drug-likeness (QED) is 0.309. The molecule has 0 unspecified atom stereocenters. The van der Waals surface area contributed by atoms with Crippen LogP contribution >= 0.6 is 34.0 Å². The molecule has 0 radical (unpaired) electrons. The number of aryl methyl sites for hydroxylation is 1. The molecule has 9 nitrogen and oxygen atoms in total. The van der Waals surface area contributed by atoms with Gasteiger partial charge in [0.05, 0.1) is 15.9 Å². The molecule has 0 spiro atoms. The van der Waals surface area contributed by atoms with Crippen molar-refractivity contribution in [2.75, 3.05) is 9.03 Å². The molecule has 5 rings (SSSR count). The molecule has 4 aromatic heterocycles. The zero-order valence-electron chi connectivity index (χ0n) is 17.9. The maximum Gasteiger partial charge on any atom is 0.287 e. The Balaban J connectivity index is 1.58. The lowest BCUT2D eigenvalue weighted by atomic mass is 10.3. The smallest absolute Gasteiger partial charge is 0.287 e. The van der Waals surface area contributed by atoms with E-state index >= 15 is 0 Å². The summed E-state index contributed by atoms with van der Waals surface area (Å²) in [5.74, 6) is -0.348. The van der Waals surface area contributed by atoms with Gasteiger partial charge in [0.15, 0.2) is 5.13 Å². The van der Waals surface area contributed by atoms with Gasteiger partial charge in [0.2, 0.25) is 0 Å². The number of fused-ring (bicyclic) bond motifs is 1. The highest BCUT2D eigenvalue weighted by Gasteiger charge is 2.38. The molecule has 1 N–H and O–H groups in total. The molecule has 35 heavy (non-hydrogen) atoms. The van der Waals surface area contributed by atoms with Crippen LogP contribution in [0.1, 0.15) is 10.5 Å². The van der Waals surface area contributed by atoms with Gasteiger partial charge in [-0.2, -0.15) is 20.5 Å². The van der Waals surface area contributed by atoms with Crippen LogP contribution in [0.3, 0.4) is 0 Å². The van der Waals surface area contributed by atoms with E-state index in [1.165, 1.54) is 30.3 Å². The Morgan fingerprint density at radius 1 is 0.943 bits per heavy atom. The first kappa shape index (κ1) is 23.7. The molecular formula is C21H16N4O5S5. The third-order valence-corrected chi connectivity index (χ3v) is 12.8.